The normalized spacial score (nSPS) is 12.1. The summed E-state index contributed by atoms with van der Waals surface area (Å²) in [6, 6.07) is 3.51. The molecule has 2 N–H and O–H groups in total. The van der Waals surface area contributed by atoms with E-state index in [2.05, 4.69) is 10.6 Å². The molecule has 0 radical (unpaired) electrons. The van der Waals surface area contributed by atoms with Crippen molar-refractivity contribution < 1.29 is 9.59 Å². The molecule has 1 aromatic heterocycles. The minimum Gasteiger partial charge on any atom is -0.354 e. The molecule has 0 unspecified atom stereocenters. The molecule has 5 nitrogen and oxygen atoms in total. The minimum atomic E-state index is -0.952. The topological polar surface area (TPSA) is 63.1 Å². The predicted molar refractivity (Wildman–Crippen MR) is 79.4 cm³/mol. The second kappa shape index (κ2) is 5.69. The molecule has 0 aliphatic heterocycles. The van der Waals surface area contributed by atoms with Crippen LogP contribution < -0.4 is 10.6 Å². The van der Waals surface area contributed by atoms with Gasteiger partial charge in [-0.3, -0.25) is 9.59 Å². The first-order valence-electron chi connectivity index (χ1n) is 6.75. The summed E-state index contributed by atoms with van der Waals surface area (Å²) in [5.41, 5.74) is -0.415. The van der Waals surface area contributed by atoms with Gasteiger partial charge in [-0.05, 0) is 31.4 Å². The minimum absolute atomic E-state index is 0.00780. The van der Waals surface area contributed by atoms with E-state index in [0.29, 0.717) is 12.2 Å². The first-order chi connectivity index (χ1) is 9.03. The van der Waals surface area contributed by atoms with Crippen molar-refractivity contribution in [2.45, 2.75) is 40.2 Å². The standard InChI is InChI=1S/C15H25N3O2/c1-14(2,3)10-16-13(20)15(4,5)17-12(19)11-8-7-9-18(11)6/h7-9H,10H2,1-6H3,(H,16,20)(H,17,19). The van der Waals surface area contributed by atoms with Gasteiger partial charge in [-0.25, -0.2) is 0 Å². The number of aryl methyl sites for hydroxylation is 1. The first kappa shape index (κ1) is 16.3. The summed E-state index contributed by atoms with van der Waals surface area (Å²) >= 11 is 0. The molecule has 0 aliphatic rings. The highest BCUT2D eigenvalue weighted by atomic mass is 16.2. The van der Waals surface area contributed by atoms with E-state index in [4.69, 9.17) is 0 Å². The Kier molecular flexibility index (Phi) is 4.63. The number of hydrogen-bond acceptors (Lipinski definition) is 2. The lowest BCUT2D eigenvalue weighted by Crippen LogP contribution is -2.55. The number of nitrogens with zero attached hydrogens (tertiary/aromatic N) is 1. The molecule has 0 saturated carbocycles. The number of carbonyl (C=O) groups excluding carboxylic acids is 2. The Morgan fingerprint density at radius 2 is 1.80 bits per heavy atom. The number of hydrogen-bond donors (Lipinski definition) is 2. The van der Waals surface area contributed by atoms with Crippen LogP contribution in [-0.2, 0) is 11.8 Å². The molecule has 0 aliphatic carbocycles. The third-order valence-electron chi connectivity index (χ3n) is 2.95. The van der Waals surface area contributed by atoms with Crippen molar-refractivity contribution in [3.8, 4) is 0 Å². The van der Waals surface area contributed by atoms with Gasteiger partial charge in [0.05, 0.1) is 0 Å². The molecule has 2 amide bonds. The van der Waals surface area contributed by atoms with Gasteiger partial charge in [-0.1, -0.05) is 20.8 Å². The highest BCUT2D eigenvalue weighted by Gasteiger charge is 2.30. The van der Waals surface area contributed by atoms with Crippen LogP contribution in [0.3, 0.4) is 0 Å². The molecular weight excluding hydrogens is 254 g/mol. The third-order valence-corrected chi connectivity index (χ3v) is 2.95. The number of amides is 2. The van der Waals surface area contributed by atoms with E-state index in [1.165, 1.54) is 0 Å². The van der Waals surface area contributed by atoms with E-state index < -0.39 is 5.54 Å². The van der Waals surface area contributed by atoms with E-state index in [9.17, 15) is 9.59 Å². The van der Waals surface area contributed by atoms with Crippen LogP contribution in [0.15, 0.2) is 18.3 Å². The van der Waals surface area contributed by atoms with E-state index in [-0.39, 0.29) is 17.2 Å². The van der Waals surface area contributed by atoms with Gasteiger partial charge in [-0.15, -0.1) is 0 Å². The van der Waals surface area contributed by atoms with Crippen LogP contribution in [0.1, 0.15) is 45.1 Å². The molecule has 0 spiro atoms. The van der Waals surface area contributed by atoms with Gasteiger partial charge in [0.15, 0.2) is 0 Å². The Bertz CT molecular complexity index is 495. The fourth-order valence-corrected chi connectivity index (χ4v) is 1.67. The monoisotopic (exact) mass is 279 g/mol. The van der Waals surface area contributed by atoms with Gasteiger partial charge < -0.3 is 15.2 Å². The van der Waals surface area contributed by atoms with E-state index in [1.54, 1.807) is 43.8 Å². The summed E-state index contributed by atoms with van der Waals surface area (Å²) in [6.07, 6.45) is 1.79. The third kappa shape index (κ3) is 4.40. The quantitative estimate of drug-likeness (QED) is 0.881. The van der Waals surface area contributed by atoms with Crippen LogP contribution in [0.25, 0.3) is 0 Å². The highest BCUT2D eigenvalue weighted by molar-refractivity contribution is 5.97. The van der Waals surface area contributed by atoms with Crippen LogP contribution in [0.2, 0.25) is 0 Å². The van der Waals surface area contributed by atoms with E-state index in [0.717, 1.165) is 0 Å². The Morgan fingerprint density at radius 1 is 1.20 bits per heavy atom. The largest absolute Gasteiger partial charge is 0.354 e. The molecule has 20 heavy (non-hydrogen) atoms. The van der Waals surface area contributed by atoms with Crippen molar-refractivity contribution >= 4 is 11.8 Å². The van der Waals surface area contributed by atoms with Gasteiger partial charge >= 0.3 is 0 Å². The zero-order chi connectivity index (χ0) is 15.6. The predicted octanol–water partition coefficient (Wildman–Crippen LogP) is 1.70. The molecule has 1 aromatic rings. The molecule has 0 aromatic carbocycles. The molecule has 112 valence electrons. The highest BCUT2D eigenvalue weighted by Crippen LogP contribution is 2.12. The van der Waals surface area contributed by atoms with Crippen LogP contribution >= 0.6 is 0 Å². The molecule has 1 heterocycles. The summed E-state index contributed by atoms with van der Waals surface area (Å²) < 4.78 is 1.72. The van der Waals surface area contributed by atoms with Gasteiger partial charge in [0.2, 0.25) is 5.91 Å². The van der Waals surface area contributed by atoms with Crippen LogP contribution in [0.4, 0.5) is 0 Å². The van der Waals surface area contributed by atoms with Gasteiger partial charge in [0.25, 0.3) is 5.91 Å². The maximum atomic E-state index is 12.2. The van der Waals surface area contributed by atoms with Crippen molar-refractivity contribution in [2.24, 2.45) is 12.5 Å². The SMILES string of the molecule is Cn1cccc1C(=O)NC(C)(C)C(=O)NCC(C)(C)C. The summed E-state index contributed by atoms with van der Waals surface area (Å²) in [4.78, 5) is 24.3. The molecule has 1 rings (SSSR count). The molecular formula is C15H25N3O2. The fraction of sp³-hybridized carbons (Fsp3) is 0.600. The van der Waals surface area contributed by atoms with Crippen molar-refractivity contribution in [3.05, 3.63) is 24.0 Å². The Labute approximate surface area is 120 Å². The van der Waals surface area contributed by atoms with Crippen LogP contribution in [0.5, 0.6) is 0 Å². The van der Waals surface area contributed by atoms with Crippen LogP contribution in [0, 0.1) is 5.41 Å². The average Bonchev–Trinajstić information content (AvgIpc) is 2.70. The Morgan fingerprint density at radius 3 is 2.25 bits per heavy atom. The van der Waals surface area contributed by atoms with E-state index in [1.807, 2.05) is 20.8 Å². The average molecular weight is 279 g/mol. The van der Waals surface area contributed by atoms with Gasteiger partial charge in [-0.2, -0.15) is 0 Å². The maximum Gasteiger partial charge on any atom is 0.268 e. The Balaban J connectivity index is 2.67. The molecule has 0 fully saturated rings. The lowest BCUT2D eigenvalue weighted by Gasteiger charge is -2.27. The first-order valence-corrected chi connectivity index (χ1v) is 6.75. The van der Waals surface area contributed by atoms with Crippen molar-refractivity contribution in [1.29, 1.82) is 0 Å². The second-order valence-corrected chi connectivity index (χ2v) is 6.83. The molecule has 0 bridgehead atoms. The summed E-state index contributed by atoms with van der Waals surface area (Å²) in [5.74, 6) is -0.441. The molecule has 0 atom stereocenters. The number of rotatable bonds is 4. The maximum absolute atomic E-state index is 12.2. The summed E-state index contributed by atoms with van der Waals surface area (Å²) in [6.45, 7) is 10.1. The lowest BCUT2D eigenvalue weighted by atomic mass is 9.96. The van der Waals surface area contributed by atoms with Crippen molar-refractivity contribution in [1.82, 2.24) is 15.2 Å². The lowest BCUT2D eigenvalue weighted by molar-refractivity contribution is -0.126. The Hall–Kier alpha value is -1.78. The molecule has 5 heteroatoms. The zero-order valence-corrected chi connectivity index (χ0v) is 13.2. The van der Waals surface area contributed by atoms with Gasteiger partial charge in [0.1, 0.15) is 11.2 Å². The van der Waals surface area contributed by atoms with Gasteiger partial charge in [0, 0.05) is 19.8 Å². The summed E-state index contributed by atoms with van der Waals surface area (Å²) in [7, 11) is 1.79. The molecule has 0 saturated heterocycles. The zero-order valence-electron chi connectivity index (χ0n) is 13.2. The summed E-state index contributed by atoms with van der Waals surface area (Å²) in [5, 5.41) is 5.63. The van der Waals surface area contributed by atoms with E-state index >= 15 is 0 Å². The van der Waals surface area contributed by atoms with Crippen molar-refractivity contribution in [3.63, 3.8) is 0 Å². The van der Waals surface area contributed by atoms with Crippen molar-refractivity contribution in [2.75, 3.05) is 6.54 Å². The second-order valence-electron chi connectivity index (χ2n) is 6.83. The fourth-order valence-electron chi connectivity index (χ4n) is 1.67. The smallest absolute Gasteiger partial charge is 0.268 e. The number of nitrogens with one attached hydrogen (secondary N) is 2. The van der Waals surface area contributed by atoms with Crippen LogP contribution in [-0.4, -0.2) is 28.5 Å². The number of aromatic nitrogens is 1. The number of carbonyl (C=O) groups is 2.